The van der Waals surface area contributed by atoms with Crippen molar-refractivity contribution in [3.8, 4) is 0 Å². The third kappa shape index (κ3) is 22.9. The van der Waals surface area contributed by atoms with Crippen molar-refractivity contribution >= 4 is 50.9 Å². The Balaban J connectivity index is -0.0000000140. The Morgan fingerprint density at radius 3 is 1.14 bits per heavy atom. The lowest BCUT2D eigenvalue weighted by Crippen LogP contribution is -1.62. The van der Waals surface area contributed by atoms with Crippen molar-refractivity contribution < 1.29 is 0 Å². The second-order valence-electron chi connectivity index (χ2n) is 1.65. The Kier molecular flexibility index (Phi) is 97.4. The van der Waals surface area contributed by atoms with Crippen LogP contribution in [0, 0.1) is 6.92 Å². The van der Waals surface area contributed by atoms with Gasteiger partial charge in [-0.1, -0.05) is 58.2 Å². The van der Waals surface area contributed by atoms with Crippen LogP contribution in [0.5, 0.6) is 0 Å². The molecule has 0 atom stereocenters. The summed E-state index contributed by atoms with van der Waals surface area (Å²) in [6.45, 7) is 2.08. The van der Waals surface area contributed by atoms with Gasteiger partial charge in [0.25, 0.3) is 0 Å². The maximum Gasteiger partial charge on any atom is -0.0398 e. The van der Waals surface area contributed by atoms with Crippen molar-refractivity contribution in [2.75, 3.05) is 0 Å². The number of hydrogen-bond donors (Lipinski definition) is 1. The largest absolute Gasteiger partial charge is 0.344 e. The number of rotatable bonds is 0. The van der Waals surface area contributed by atoms with Crippen LogP contribution in [0.25, 0.3) is 0 Å². The van der Waals surface area contributed by atoms with E-state index >= 15 is 0 Å². The van der Waals surface area contributed by atoms with Crippen LogP contribution in [0.2, 0.25) is 0 Å². The molecule has 4 heteroatoms. The molecule has 0 fully saturated rings. The van der Waals surface area contributed by atoms with E-state index in [1.807, 2.05) is 18.2 Å². The molecule has 0 saturated carbocycles. The third-order valence-corrected chi connectivity index (χ3v) is 0.940. The highest BCUT2D eigenvalue weighted by atomic mass is 79.9. The van der Waals surface area contributed by atoms with Crippen molar-refractivity contribution in [2.45, 2.75) is 29.2 Å². The quantitative estimate of drug-likeness (QED) is 0.587. The zero-order valence-electron chi connectivity index (χ0n) is 6.32. The number of hydrogen-bond acceptors (Lipinski definition) is 1. The van der Waals surface area contributed by atoms with E-state index in [1.165, 1.54) is 5.56 Å². The van der Waals surface area contributed by atoms with Gasteiger partial charge in [0, 0.05) is 0 Å². The average Bonchev–Trinajstić information content (AvgIpc) is 1.69. The van der Waals surface area contributed by atoms with Gasteiger partial charge in [0.05, 0.1) is 0 Å². The van der Waals surface area contributed by atoms with E-state index in [1.54, 1.807) is 0 Å². The first-order valence-corrected chi connectivity index (χ1v) is 2.41. The smallest absolute Gasteiger partial charge is 0.0398 e. The minimum Gasteiger partial charge on any atom is -0.344 e. The zero-order chi connectivity index (χ0) is 5.11. The van der Waals surface area contributed by atoms with Crippen LogP contribution in [-0.4, -0.2) is 0 Å². The lowest BCUT2D eigenvalue weighted by Gasteiger charge is -1.82. The molecule has 0 unspecified atom stereocenters. The van der Waals surface area contributed by atoms with Crippen molar-refractivity contribution in [3.63, 3.8) is 0 Å². The molecular weight excluding hydrogens is 374 g/mol. The summed E-state index contributed by atoms with van der Waals surface area (Å²) in [6.07, 6.45) is 0. The van der Waals surface area contributed by atoms with Gasteiger partial charge in [0.1, 0.15) is 0 Å². The molecule has 92 valence electrons. The van der Waals surface area contributed by atoms with Crippen molar-refractivity contribution in [2.24, 2.45) is 0 Å². The van der Waals surface area contributed by atoms with Crippen LogP contribution >= 0.6 is 50.9 Å². The molecule has 0 aliphatic rings. The van der Waals surface area contributed by atoms with Crippen molar-refractivity contribution in [1.82, 2.24) is 6.15 Å². The van der Waals surface area contributed by atoms with Gasteiger partial charge in [-0.2, -0.15) is 0 Å². The van der Waals surface area contributed by atoms with Gasteiger partial charge < -0.3 is 6.15 Å². The predicted molar refractivity (Wildman–Crippen MR) is 87.4 cm³/mol. The van der Waals surface area contributed by atoms with Crippen LogP contribution in [0.3, 0.4) is 0 Å². The van der Waals surface area contributed by atoms with Gasteiger partial charge in [-0.3, -0.25) is 0 Å². The van der Waals surface area contributed by atoms with Gasteiger partial charge in [0.15, 0.2) is 0 Å². The summed E-state index contributed by atoms with van der Waals surface area (Å²) in [5.74, 6) is 0. The van der Waals surface area contributed by atoms with Gasteiger partial charge in [-0.15, -0.1) is 50.9 Å². The first-order chi connectivity index (χ1) is 3.39. The summed E-state index contributed by atoms with van der Waals surface area (Å²) in [7, 11) is 0. The number of benzene rings is 1. The van der Waals surface area contributed by atoms with Crippen molar-refractivity contribution in [3.05, 3.63) is 35.9 Å². The van der Waals surface area contributed by atoms with E-state index in [0.717, 1.165) is 0 Å². The first kappa shape index (κ1) is 46.7. The molecule has 0 bridgehead atoms. The second-order valence-corrected chi connectivity index (χ2v) is 1.65. The summed E-state index contributed by atoms with van der Waals surface area (Å²) >= 11 is 0. The van der Waals surface area contributed by atoms with E-state index < -0.39 is 0 Å². The summed E-state index contributed by atoms with van der Waals surface area (Å²) in [5, 5.41) is 0. The fourth-order valence-corrected chi connectivity index (χ4v) is 0.534. The maximum atomic E-state index is 2.08. The Hall–Kier alpha value is 0.620. The molecular formula is C10H26Br3N. The Morgan fingerprint density at radius 1 is 0.714 bits per heavy atom. The van der Waals surface area contributed by atoms with Crippen LogP contribution in [0.15, 0.2) is 30.3 Å². The number of halogens is 3. The first-order valence-electron chi connectivity index (χ1n) is 2.41. The van der Waals surface area contributed by atoms with Gasteiger partial charge in [0.2, 0.25) is 0 Å². The molecule has 0 saturated heterocycles. The molecule has 0 radical (unpaired) electrons. The Morgan fingerprint density at radius 2 is 1.00 bits per heavy atom. The van der Waals surface area contributed by atoms with E-state index in [-0.39, 0.29) is 79.4 Å². The van der Waals surface area contributed by atoms with Gasteiger partial charge >= 0.3 is 0 Å². The van der Waals surface area contributed by atoms with E-state index in [9.17, 15) is 0 Å². The summed E-state index contributed by atoms with van der Waals surface area (Å²) < 4.78 is 0. The maximum absolute atomic E-state index is 2.08. The number of aryl methyl sites for hydroxylation is 1. The van der Waals surface area contributed by atoms with E-state index in [0.29, 0.717) is 0 Å². The normalized spacial score (nSPS) is 4.36. The predicted octanol–water partition coefficient (Wildman–Crippen LogP) is 5.80. The SMILES string of the molecule is Br.Br.Br.C.C.C.Cc1ccccc1.N. The van der Waals surface area contributed by atoms with E-state index in [4.69, 9.17) is 0 Å². The zero-order valence-corrected chi connectivity index (χ0v) is 11.5. The summed E-state index contributed by atoms with van der Waals surface area (Å²) in [5.41, 5.74) is 1.32. The molecule has 0 aliphatic carbocycles. The van der Waals surface area contributed by atoms with Crippen LogP contribution in [0.1, 0.15) is 27.8 Å². The molecule has 0 spiro atoms. The highest BCUT2D eigenvalue weighted by molar-refractivity contribution is 8.93. The molecule has 1 aromatic carbocycles. The van der Waals surface area contributed by atoms with Crippen molar-refractivity contribution in [1.29, 1.82) is 0 Å². The minimum atomic E-state index is 0. The molecule has 0 aromatic heterocycles. The molecule has 1 nitrogen and oxygen atoms in total. The van der Waals surface area contributed by atoms with Gasteiger partial charge in [-0.25, -0.2) is 0 Å². The fraction of sp³-hybridized carbons (Fsp3) is 0.400. The molecule has 0 aliphatic heterocycles. The highest BCUT2D eigenvalue weighted by Crippen LogP contribution is 1.92. The third-order valence-electron chi connectivity index (χ3n) is 0.940. The lowest BCUT2D eigenvalue weighted by atomic mass is 10.2. The summed E-state index contributed by atoms with van der Waals surface area (Å²) in [6, 6.07) is 10.3. The minimum absolute atomic E-state index is 0. The molecule has 3 N–H and O–H groups in total. The highest BCUT2D eigenvalue weighted by Gasteiger charge is 1.72. The second kappa shape index (κ2) is 29.2. The molecule has 0 heterocycles. The van der Waals surface area contributed by atoms with E-state index in [2.05, 4.69) is 19.1 Å². The Labute approximate surface area is 122 Å². The average molecular weight is 400 g/mol. The lowest BCUT2D eigenvalue weighted by molar-refractivity contribution is 1.48. The Bertz CT molecular complexity index is 145. The standard InChI is InChI=1S/C7H8.3CH4.3BrH.H3N/c1-7-5-3-2-4-6-7;;;;;;;/h2-6H,1H3;3*1H4;3*1H;1H3. The van der Waals surface area contributed by atoms with Gasteiger partial charge in [-0.05, 0) is 6.92 Å². The fourth-order valence-electron chi connectivity index (χ4n) is 0.534. The van der Waals surface area contributed by atoms with Crippen LogP contribution in [0.4, 0.5) is 0 Å². The monoisotopic (exact) mass is 397 g/mol. The molecule has 14 heavy (non-hydrogen) atoms. The summed E-state index contributed by atoms with van der Waals surface area (Å²) in [4.78, 5) is 0. The molecule has 1 rings (SSSR count). The van der Waals surface area contributed by atoms with Crippen LogP contribution in [-0.2, 0) is 0 Å². The topological polar surface area (TPSA) is 35.0 Å². The molecule has 0 amide bonds. The molecule has 1 aromatic rings. The van der Waals surface area contributed by atoms with Crippen LogP contribution < -0.4 is 6.15 Å².